The SMILES string of the molecule is CCCCOC(=O)C1=C(C)NC2=C(C(=O)CC(C)(C)C2)[C@H]1c1ccc(OC)cc1. The molecule has 1 heterocycles. The van der Waals surface area contributed by atoms with Crippen molar-refractivity contribution < 1.29 is 19.1 Å². The molecule has 1 atom stereocenters. The first kappa shape index (κ1) is 21.2. The van der Waals surface area contributed by atoms with Crippen LogP contribution in [0.3, 0.4) is 0 Å². The summed E-state index contributed by atoms with van der Waals surface area (Å²) in [6.45, 7) is 8.54. The van der Waals surface area contributed by atoms with Gasteiger partial charge < -0.3 is 14.8 Å². The molecule has 1 aromatic carbocycles. The second-order valence-corrected chi connectivity index (χ2v) is 8.69. The van der Waals surface area contributed by atoms with Crippen molar-refractivity contribution in [3.63, 3.8) is 0 Å². The molecule has 3 rings (SSSR count). The third-order valence-electron chi connectivity index (χ3n) is 5.64. The smallest absolute Gasteiger partial charge is 0.336 e. The molecule has 5 nitrogen and oxygen atoms in total. The number of carbonyl (C=O) groups excluding carboxylic acids is 2. The first-order chi connectivity index (χ1) is 13.8. The van der Waals surface area contributed by atoms with E-state index in [1.165, 1.54) is 0 Å². The van der Waals surface area contributed by atoms with Crippen LogP contribution in [0.1, 0.15) is 64.9 Å². The Labute approximate surface area is 173 Å². The Balaban J connectivity index is 2.07. The van der Waals surface area contributed by atoms with Crippen molar-refractivity contribution in [1.82, 2.24) is 5.32 Å². The standard InChI is InChI=1S/C24H31NO4/c1-6-7-12-29-23(27)20-15(2)25-18-13-24(3,4)14-19(26)22(18)21(20)16-8-10-17(28-5)11-9-16/h8-11,21,25H,6-7,12-14H2,1-5H3/t21-/m0/s1. The number of esters is 1. The first-order valence-electron chi connectivity index (χ1n) is 10.3. The quantitative estimate of drug-likeness (QED) is 0.559. The van der Waals surface area contributed by atoms with E-state index in [2.05, 4.69) is 26.1 Å². The van der Waals surface area contributed by atoms with Crippen molar-refractivity contribution in [3.8, 4) is 5.75 Å². The van der Waals surface area contributed by atoms with Crippen LogP contribution in [0.25, 0.3) is 0 Å². The number of rotatable bonds is 6. The summed E-state index contributed by atoms with van der Waals surface area (Å²) in [4.78, 5) is 26.2. The number of allylic oxidation sites excluding steroid dienone is 3. The molecule has 0 saturated heterocycles. The van der Waals surface area contributed by atoms with E-state index in [1.54, 1.807) is 7.11 Å². The average Bonchev–Trinajstić information content (AvgIpc) is 2.66. The van der Waals surface area contributed by atoms with Gasteiger partial charge in [0.1, 0.15) is 5.75 Å². The van der Waals surface area contributed by atoms with E-state index in [9.17, 15) is 9.59 Å². The first-order valence-corrected chi connectivity index (χ1v) is 10.3. The number of carbonyl (C=O) groups is 2. The van der Waals surface area contributed by atoms with Gasteiger partial charge in [0.05, 0.1) is 19.3 Å². The highest BCUT2D eigenvalue weighted by Crippen LogP contribution is 2.46. The molecule has 1 N–H and O–H groups in total. The van der Waals surface area contributed by atoms with Crippen LogP contribution >= 0.6 is 0 Å². The summed E-state index contributed by atoms with van der Waals surface area (Å²) in [6.07, 6.45) is 3.02. The van der Waals surface area contributed by atoms with E-state index in [4.69, 9.17) is 9.47 Å². The third-order valence-corrected chi connectivity index (χ3v) is 5.64. The number of ketones is 1. The van der Waals surface area contributed by atoms with Crippen LogP contribution in [0.15, 0.2) is 46.8 Å². The Kier molecular flexibility index (Phi) is 6.15. The highest BCUT2D eigenvalue weighted by molar-refractivity contribution is 6.04. The minimum absolute atomic E-state index is 0.0935. The minimum atomic E-state index is -0.421. The molecule has 0 spiro atoms. The molecule has 5 heteroatoms. The van der Waals surface area contributed by atoms with E-state index in [1.807, 2.05) is 31.2 Å². The van der Waals surface area contributed by atoms with Gasteiger partial charge in [-0.05, 0) is 42.9 Å². The lowest BCUT2D eigenvalue weighted by atomic mass is 9.68. The molecule has 0 aromatic heterocycles. The van der Waals surface area contributed by atoms with E-state index in [-0.39, 0.29) is 17.2 Å². The predicted octanol–water partition coefficient (Wildman–Crippen LogP) is 4.64. The molecular weight excluding hydrogens is 366 g/mol. The average molecular weight is 398 g/mol. The zero-order chi connectivity index (χ0) is 21.2. The number of ether oxygens (including phenoxy) is 2. The lowest BCUT2D eigenvalue weighted by Gasteiger charge is -2.39. The maximum absolute atomic E-state index is 13.2. The number of hydrogen-bond acceptors (Lipinski definition) is 5. The van der Waals surface area contributed by atoms with Crippen LogP contribution in [0.5, 0.6) is 5.75 Å². The predicted molar refractivity (Wildman–Crippen MR) is 112 cm³/mol. The van der Waals surface area contributed by atoms with Crippen LogP contribution in [0.2, 0.25) is 0 Å². The lowest BCUT2D eigenvalue weighted by Crippen LogP contribution is -2.38. The Morgan fingerprint density at radius 1 is 1.21 bits per heavy atom. The van der Waals surface area contributed by atoms with Crippen molar-refractivity contribution in [2.45, 2.75) is 59.3 Å². The van der Waals surface area contributed by atoms with Gasteiger partial charge in [0, 0.05) is 29.3 Å². The van der Waals surface area contributed by atoms with Crippen molar-refractivity contribution in [3.05, 3.63) is 52.4 Å². The maximum atomic E-state index is 13.2. The zero-order valence-electron chi connectivity index (χ0n) is 18.1. The van der Waals surface area contributed by atoms with Crippen molar-refractivity contribution >= 4 is 11.8 Å². The van der Waals surface area contributed by atoms with Crippen LogP contribution in [-0.2, 0) is 14.3 Å². The number of methoxy groups -OCH3 is 1. The highest BCUT2D eigenvalue weighted by atomic mass is 16.5. The Morgan fingerprint density at radius 3 is 2.52 bits per heavy atom. The second kappa shape index (κ2) is 8.44. The molecule has 156 valence electrons. The number of hydrogen-bond donors (Lipinski definition) is 1. The van der Waals surface area contributed by atoms with Crippen LogP contribution in [0, 0.1) is 5.41 Å². The second-order valence-electron chi connectivity index (χ2n) is 8.69. The third kappa shape index (κ3) is 4.39. The molecule has 29 heavy (non-hydrogen) atoms. The molecule has 0 unspecified atom stereocenters. The van der Waals surface area contributed by atoms with E-state index in [0.717, 1.165) is 42.0 Å². The lowest BCUT2D eigenvalue weighted by molar-refractivity contribution is -0.139. The van der Waals surface area contributed by atoms with Gasteiger partial charge in [0.25, 0.3) is 0 Å². The summed E-state index contributed by atoms with van der Waals surface area (Å²) in [7, 11) is 1.62. The summed E-state index contributed by atoms with van der Waals surface area (Å²) >= 11 is 0. The molecule has 0 amide bonds. The van der Waals surface area contributed by atoms with Crippen molar-refractivity contribution in [1.29, 1.82) is 0 Å². The largest absolute Gasteiger partial charge is 0.497 e. The number of unbranched alkanes of at least 4 members (excludes halogenated alkanes) is 1. The monoisotopic (exact) mass is 397 g/mol. The molecule has 0 fully saturated rings. The minimum Gasteiger partial charge on any atom is -0.497 e. The van der Waals surface area contributed by atoms with Gasteiger partial charge in [0.2, 0.25) is 0 Å². The zero-order valence-corrected chi connectivity index (χ0v) is 18.1. The fourth-order valence-corrected chi connectivity index (χ4v) is 4.22. The highest BCUT2D eigenvalue weighted by Gasteiger charge is 2.43. The topological polar surface area (TPSA) is 64.6 Å². The van der Waals surface area contributed by atoms with E-state index < -0.39 is 5.92 Å². The molecular formula is C24H31NO4. The van der Waals surface area contributed by atoms with Crippen LogP contribution in [0.4, 0.5) is 0 Å². The summed E-state index contributed by atoms with van der Waals surface area (Å²) in [5, 5.41) is 3.36. The number of nitrogens with one attached hydrogen (secondary N) is 1. The fourth-order valence-electron chi connectivity index (χ4n) is 4.22. The van der Waals surface area contributed by atoms with Crippen molar-refractivity contribution in [2.24, 2.45) is 5.41 Å². The van der Waals surface area contributed by atoms with E-state index in [0.29, 0.717) is 24.2 Å². The fraction of sp³-hybridized carbons (Fsp3) is 0.500. The van der Waals surface area contributed by atoms with Gasteiger partial charge in [-0.15, -0.1) is 0 Å². The Bertz CT molecular complexity index is 861. The summed E-state index contributed by atoms with van der Waals surface area (Å²) in [5.74, 6) is 0.0556. The molecule has 0 saturated carbocycles. The van der Waals surface area contributed by atoms with Gasteiger partial charge in [0.15, 0.2) is 5.78 Å². The summed E-state index contributed by atoms with van der Waals surface area (Å²) in [5.41, 5.74) is 3.70. The number of benzene rings is 1. The van der Waals surface area contributed by atoms with Crippen molar-refractivity contribution in [2.75, 3.05) is 13.7 Å². The van der Waals surface area contributed by atoms with E-state index >= 15 is 0 Å². The Morgan fingerprint density at radius 2 is 1.90 bits per heavy atom. The molecule has 1 aliphatic heterocycles. The molecule has 1 aliphatic carbocycles. The van der Waals surface area contributed by atoms with Gasteiger partial charge in [-0.2, -0.15) is 0 Å². The summed E-state index contributed by atoms with van der Waals surface area (Å²) in [6, 6.07) is 7.59. The normalized spacial score (nSPS) is 20.9. The van der Waals surface area contributed by atoms with Gasteiger partial charge in [-0.1, -0.05) is 39.3 Å². The number of dihydropyridines is 1. The molecule has 2 aliphatic rings. The van der Waals surface area contributed by atoms with Crippen LogP contribution < -0.4 is 10.1 Å². The maximum Gasteiger partial charge on any atom is 0.336 e. The molecule has 0 radical (unpaired) electrons. The van der Waals surface area contributed by atoms with Gasteiger partial charge in [-0.3, -0.25) is 4.79 Å². The molecule has 0 bridgehead atoms. The summed E-state index contributed by atoms with van der Waals surface area (Å²) < 4.78 is 10.8. The number of Topliss-reactive ketones (excluding diaryl/α,β-unsaturated/α-hetero) is 1. The Hall–Kier alpha value is -2.56. The van der Waals surface area contributed by atoms with Crippen LogP contribution in [-0.4, -0.2) is 25.5 Å². The molecule has 1 aromatic rings. The van der Waals surface area contributed by atoms with Gasteiger partial charge in [-0.25, -0.2) is 4.79 Å². The van der Waals surface area contributed by atoms with Gasteiger partial charge >= 0.3 is 5.97 Å².